The molecule has 0 saturated carbocycles. The summed E-state index contributed by atoms with van der Waals surface area (Å²) in [6.45, 7) is 0. The van der Waals surface area contributed by atoms with Crippen molar-refractivity contribution in [2.75, 3.05) is 0 Å². The lowest BCUT2D eigenvalue weighted by Crippen LogP contribution is -2.47. The van der Waals surface area contributed by atoms with Gasteiger partial charge in [0.25, 0.3) is 17.7 Å². The summed E-state index contributed by atoms with van der Waals surface area (Å²) in [5.41, 5.74) is 5.61. The summed E-state index contributed by atoms with van der Waals surface area (Å²) in [7, 11) is 0. The van der Waals surface area contributed by atoms with Gasteiger partial charge in [-0.2, -0.15) is 0 Å². The van der Waals surface area contributed by atoms with E-state index in [1.807, 2.05) is 0 Å². The van der Waals surface area contributed by atoms with E-state index >= 15 is 0 Å². The number of hydrogen-bond acceptors (Lipinski definition) is 5. The number of hydrogen-bond donors (Lipinski definition) is 2. The molecule has 0 radical (unpaired) electrons. The minimum Gasteiger partial charge on any atom is -0.481 e. The van der Waals surface area contributed by atoms with Crippen molar-refractivity contribution in [2.24, 2.45) is 5.73 Å². The van der Waals surface area contributed by atoms with E-state index < -0.39 is 36.2 Å². The van der Waals surface area contributed by atoms with Crippen molar-refractivity contribution in [3.8, 4) is 0 Å². The van der Waals surface area contributed by atoms with Crippen LogP contribution in [0.4, 0.5) is 0 Å². The molecule has 7 heteroatoms. The molecule has 98 valence electrons. The molecule has 0 aliphatic carbocycles. The third kappa shape index (κ3) is 2.11. The highest BCUT2D eigenvalue weighted by Gasteiger charge is 2.41. The zero-order valence-corrected chi connectivity index (χ0v) is 9.70. The number of aliphatic carboxylic acids is 1. The molecule has 3 amide bonds. The van der Waals surface area contributed by atoms with Crippen molar-refractivity contribution in [3.63, 3.8) is 0 Å². The average Bonchev–Trinajstić information content (AvgIpc) is 2.61. The zero-order valence-electron chi connectivity index (χ0n) is 9.70. The molecule has 1 aliphatic rings. The molecule has 0 aromatic heterocycles. The number of benzene rings is 1. The largest absolute Gasteiger partial charge is 0.481 e. The fourth-order valence-electron chi connectivity index (χ4n) is 1.83. The van der Waals surface area contributed by atoms with Gasteiger partial charge in [-0.15, -0.1) is 0 Å². The van der Waals surface area contributed by atoms with Gasteiger partial charge in [-0.25, -0.2) is 4.90 Å². The summed E-state index contributed by atoms with van der Waals surface area (Å²) in [6.07, 6.45) is -0.647. The summed E-state index contributed by atoms with van der Waals surface area (Å²) in [4.78, 5) is 46.6. The topological polar surface area (TPSA) is 118 Å². The van der Waals surface area contributed by atoms with Crippen LogP contribution >= 0.6 is 0 Å². The fraction of sp³-hybridized carbons (Fsp3) is 0.167. The molecule has 0 fully saturated rings. The van der Waals surface area contributed by atoms with Gasteiger partial charge in [-0.1, -0.05) is 12.1 Å². The maximum atomic E-state index is 11.9. The molecule has 3 N–H and O–H groups in total. The van der Waals surface area contributed by atoms with Crippen molar-refractivity contribution in [1.29, 1.82) is 0 Å². The quantitative estimate of drug-likeness (QED) is 0.716. The first kappa shape index (κ1) is 12.9. The Morgan fingerprint density at radius 3 is 2.05 bits per heavy atom. The van der Waals surface area contributed by atoms with Gasteiger partial charge in [0.15, 0.2) is 0 Å². The molecular weight excluding hydrogens is 252 g/mol. The van der Waals surface area contributed by atoms with Crippen molar-refractivity contribution in [3.05, 3.63) is 35.4 Å². The predicted molar refractivity (Wildman–Crippen MR) is 62.2 cm³/mol. The van der Waals surface area contributed by atoms with Gasteiger partial charge < -0.3 is 10.8 Å². The Kier molecular flexibility index (Phi) is 3.14. The van der Waals surface area contributed by atoms with Crippen molar-refractivity contribution in [2.45, 2.75) is 12.5 Å². The molecule has 0 unspecified atom stereocenters. The zero-order chi connectivity index (χ0) is 14.2. The fourth-order valence-corrected chi connectivity index (χ4v) is 1.83. The number of carbonyl (C=O) groups is 4. The van der Waals surface area contributed by atoms with Crippen LogP contribution in [0.3, 0.4) is 0 Å². The maximum absolute atomic E-state index is 11.9. The van der Waals surface area contributed by atoms with Crippen LogP contribution in [0.25, 0.3) is 0 Å². The second kappa shape index (κ2) is 4.62. The Morgan fingerprint density at radius 1 is 1.16 bits per heavy atom. The van der Waals surface area contributed by atoms with Crippen LogP contribution in [0.2, 0.25) is 0 Å². The van der Waals surface area contributed by atoms with Crippen LogP contribution in [0.15, 0.2) is 24.3 Å². The van der Waals surface area contributed by atoms with Crippen LogP contribution < -0.4 is 5.73 Å². The highest BCUT2D eigenvalue weighted by molar-refractivity contribution is 6.29. The van der Waals surface area contributed by atoms with E-state index in [0.717, 1.165) is 0 Å². The van der Waals surface area contributed by atoms with Crippen molar-refractivity contribution < 1.29 is 24.3 Å². The SMILES string of the molecule is N[C@@H](CC(=O)O)C(=O)N1C(=O)c2ccccc2C1=O. The van der Waals surface area contributed by atoms with Crippen LogP contribution in [-0.2, 0) is 9.59 Å². The first-order valence-electron chi connectivity index (χ1n) is 5.42. The number of rotatable bonds is 3. The highest BCUT2D eigenvalue weighted by atomic mass is 16.4. The maximum Gasteiger partial charge on any atom is 0.305 e. The molecule has 2 rings (SSSR count). The molecular formula is C12H10N2O5. The third-order valence-corrected chi connectivity index (χ3v) is 2.73. The first-order chi connectivity index (χ1) is 8.93. The predicted octanol–water partition coefficient (Wildman–Crippen LogP) is -0.389. The molecule has 1 aliphatic heterocycles. The van der Waals surface area contributed by atoms with Crippen LogP contribution in [0.5, 0.6) is 0 Å². The van der Waals surface area contributed by atoms with Gasteiger partial charge in [0, 0.05) is 0 Å². The Balaban J connectivity index is 2.29. The monoisotopic (exact) mass is 262 g/mol. The Labute approximate surface area is 107 Å². The highest BCUT2D eigenvalue weighted by Crippen LogP contribution is 2.23. The number of carbonyl (C=O) groups excluding carboxylic acids is 3. The summed E-state index contributed by atoms with van der Waals surface area (Å²) >= 11 is 0. The number of carboxylic acid groups (broad SMARTS) is 1. The van der Waals surface area contributed by atoms with E-state index in [4.69, 9.17) is 10.8 Å². The number of fused-ring (bicyclic) bond motifs is 1. The molecule has 1 heterocycles. The van der Waals surface area contributed by atoms with Gasteiger partial charge >= 0.3 is 5.97 Å². The van der Waals surface area contributed by atoms with E-state index in [1.165, 1.54) is 12.1 Å². The molecule has 19 heavy (non-hydrogen) atoms. The van der Waals surface area contributed by atoms with Gasteiger partial charge in [0.2, 0.25) is 0 Å². The minimum absolute atomic E-state index is 0.114. The molecule has 0 spiro atoms. The van der Waals surface area contributed by atoms with Gasteiger partial charge in [-0.05, 0) is 12.1 Å². The third-order valence-electron chi connectivity index (χ3n) is 2.73. The molecule has 1 aromatic carbocycles. The lowest BCUT2D eigenvalue weighted by molar-refractivity contribution is -0.140. The van der Waals surface area contributed by atoms with Gasteiger partial charge in [0.05, 0.1) is 23.6 Å². The summed E-state index contributed by atoms with van der Waals surface area (Å²) in [5, 5.41) is 8.56. The molecule has 1 aromatic rings. The molecule has 0 saturated heterocycles. The molecule has 7 nitrogen and oxygen atoms in total. The van der Waals surface area contributed by atoms with Crippen molar-refractivity contribution >= 4 is 23.7 Å². The van der Waals surface area contributed by atoms with E-state index in [2.05, 4.69) is 0 Å². The summed E-state index contributed by atoms with van der Waals surface area (Å²) < 4.78 is 0. The Bertz CT molecular complexity index is 561. The van der Waals surface area contributed by atoms with Gasteiger partial charge in [0.1, 0.15) is 0 Å². The second-order valence-corrected chi connectivity index (χ2v) is 4.03. The number of amides is 3. The smallest absolute Gasteiger partial charge is 0.305 e. The second-order valence-electron chi connectivity index (χ2n) is 4.03. The van der Waals surface area contributed by atoms with Gasteiger partial charge in [-0.3, -0.25) is 19.2 Å². The Hall–Kier alpha value is -2.54. The van der Waals surface area contributed by atoms with Crippen LogP contribution in [0, 0.1) is 0 Å². The summed E-state index contributed by atoms with van der Waals surface area (Å²) in [6, 6.07) is 4.54. The van der Waals surface area contributed by atoms with Crippen LogP contribution in [0.1, 0.15) is 27.1 Å². The summed E-state index contributed by atoms with van der Waals surface area (Å²) in [5.74, 6) is -3.83. The van der Waals surface area contributed by atoms with Crippen molar-refractivity contribution in [1.82, 2.24) is 4.90 Å². The van der Waals surface area contributed by atoms with E-state index in [0.29, 0.717) is 4.90 Å². The number of nitrogens with two attached hydrogens (primary N) is 1. The van der Waals surface area contributed by atoms with E-state index in [9.17, 15) is 19.2 Å². The normalized spacial score (nSPS) is 15.3. The first-order valence-corrected chi connectivity index (χ1v) is 5.42. The molecule has 0 bridgehead atoms. The standard InChI is InChI=1S/C12H10N2O5/c13-8(5-9(15)16)12(19)14-10(17)6-3-1-2-4-7(6)11(14)18/h1-4,8H,5,13H2,(H,15,16)/t8-/m0/s1. The lowest BCUT2D eigenvalue weighted by Gasteiger charge is -2.15. The number of nitrogens with zero attached hydrogens (tertiary/aromatic N) is 1. The Morgan fingerprint density at radius 2 is 1.63 bits per heavy atom. The molecule has 1 atom stereocenters. The average molecular weight is 262 g/mol. The van der Waals surface area contributed by atoms with E-state index in [1.54, 1.807) is 12.1 Å². The minimum atomic E-state index is -1.43. The van der Waals surface area contributed by atoms with E-state index in [-0.39, 0.29) is 11.1 Å². The van der Waals surface area contributed by atoms with Crippen LogP contribution in [-0.4, -0.2) is 39.7 Å². The number of carboxylic acids is 1. The number of imide groups is 3. The lowest BCUT2D eigenvalue weighted by atomic mass is 10.1.